The third-order valence-electron chi connectivity index (χ3n) is 3.94. The van der Waals surface area contributed by atoms with E-state index in [4.69, 9.17) is 21.1 Å². The van der Waals surface area contributed by atoms with Crippen molar-refractivity contribution in [1.82, 2.24) is 10.2 Å². The summed E-state index contributed by atoms with van der Waals surface area (Å²) in [6.07, 6.45) is 1.52. The molecule has 8 heteroatoms. The Morgan fingerprint density at radius 3 is 2.81 bits per heavy atom. The zero-order chi connectivity index (χ0) is 19.3. The highest BCUT2D eigenvalue weighted by Gasteiger charge is 2.38. The van der Waals surface area contributed by atoms with Crippen molar-refractivity contribution in [2.24, 2.45) is 0 Å². The van der Waals surface area contributed by atoms with Gasteiger partial charge in [-0.1, -0.05) is 23.7 Å². The Hall–Kier alpha value is -2.38. The first-order valence-corrected chi connectivity index (χ1v) is 8.29. The molecule has 2 rings (SSSR count). The molecule has 1 aromatic carbocycles. The summed E-state index contributed by atoms with van der Waals surface area (Å²) in [7, 11) is 1.48. The van der Waals surface area contributed by atoms with E-state index in [0.717, 1.165) is 0 Å². The van der Waals surface area contributed by atoms with Crippen LogP contribution in [0.1, 0.15) is 18.5 Å². The molecule has 0 saturated heterocycles. The normalized spacial score (nSPS) is 17.2. The number of benzene rings is 1. The van der Waals surface area contributed by atoms with Gasteiger partial charge in [0.25, 0.3) is 0 Å². The van der Waals surface area contributed by atoms with Crippen LogP contribution in [-0.2, 0) is 14.3 Å². The Morgan fingerprint density at radius 1 is 1.46 bits per heavy atom. The van der Waals surface area contributed by atoms with Crippen molar-refractivity contribution >= 4 is 23.6 Å². The summed E-state index contributed by atoms with van der Waals surface area (Å²) < 4.78 is 24.5. The van der Waals surface area contributed by atoms with E-state index in [1.165, 1.54) is 36.3 Å². The summed E-state index contributed by atoms with van der Waals surface area (Å²) in [5, 5.41) is 2.73. The van der Waals surface area contributed by atoms with Crippen LogP contribution in [-0.4, -0.2) is 43.8 Å². The Bertz CT molecular complexity index is 730. The molecule has 1 aromatic rings. The van der Waals surface area contributed by atoms with Crippen LogP contribution in [0.3, 0.4) is 0 Å². The third kappa shape index (κ3) is 4.05. The van der Waals surface area contributed by atoms with E-state index in [1.807, 2.05) is 0 Å². The van der Waals surface area contributed by atoms with Crippen LogP contribution in [0.15, 0.2) is 42.1 Å². The Balaban J connectivity index is 2.52. The van der Waals surface area contributed by atoms with Gasteiger partial charge >= 0.3 is 12.0 Å². The number of rotatable bonds is 7. The standard InChI is InChI=1S/C18H20ClFN2O4/c1-4-8-22-11(2)14(17(23)26-10-9-25-3)16(21-18(22)24)15-12(19)6-5-7-13(15)20/h4-7,16H,1,8-10H2,2-3H3,(H,21,24). The van der Waals surface area contributed by atoms with Gasteiger partial charge in [-0.2, -0.15) is 0 Å². The Morgan fingerprint density at radius 2 is 2.19 bits per heavy atom. The number of carbonyl (C=O) groups is 2. The van der Waals surface area contributed by atoms with E-state index in [1.54, 1.807) is 6.92 Å². The summed E-state index contributed by atoms with van der Waals surface area (Å²) in [4.78, 5) is 26.4. The first-order valence-electron chi connectivity index (χ1n) is 7.92. The van der Waals surface area contributed by atoms with Crippen LogP contribution < -0.4 is 5.32 Å². The number of hydrogen-bond donors (Lipinski definition) is 1. The van der Waals surface area contributed by atoms with E-state index in [0.29, 0.717) is 5.70 Å². The number of nitrogens with zero attached hydrogens (tertiary/aromatic N) is 1. The van der Waals surface area contributed by atoms with Gasteiger partial charge in [0.05, 0.1) is 18.2 Å². The fourth-order valence-corrected chi connectivity index (χ4v) is 2.97. The summed E-state index contributed by atoms with van der Waals surface area (Å²) in [6.45, 7) is 5.62. The van der Waals surface area contributed by atoms with Crippen molar-refractivity contribution in [2.45, 2.75) is 13.0 Å². The van der Waals surface area contributed by atoms with Crippen LogP contribution in [0.4, 0.5) is 9.18 Å². The van der Waals surface area contributed by atoms with Crippen molar-refractivity contribution in [3.63, 3.8) is 0 Å². The van der Waals surface area contributed by atoms with Gasteiger partial charge in [-0.05, 0) is 19.1 Å². The number of allylic oxidation sites excluding steroid dienone is 1. The molecule has 1 unspecified atom stereocenters. The molecule has 0 radical (unpaired) electrons. The fraction of sp³-hybridized carbons (Fsp3) is 0.333. The lowest BCUT2D eigenvalue weighted by atomic mass is 9.94. The number of amides is 2. The molecule has 0 bridgehead atoms. The number of halogens is 2. The lowest BCUT2D eigenvalue weighted by Gasteiger charge is -2.35. The smallest absolute Gasteiger partial charge is 0.338 e. The highest BCUT2D eigenvalue weighted by atomic mass is 35.5. The van der Waals surface area contributed by atoms with E-state index in [2.05, 4.69) is 11.9 Å². The second kappa shape index (κ2) is 8.82. The van der Waals surface area contributed by atoms with E-state index in [-0.39, 0.29) is 35.9 Å². The van der Waals surface area contributed by atoms with Gasteiger partial charge < -0.3 is 14.8 Å². The predicted octanol–water partition coefficient (Wildman–Crippen LogP) is 3.20. The molecule has 0 fully saturated rings. The number of methoxy groups -OCH3 is 1. The monoisotopic (exact) mass is 382 g/mol. The predicted molar refractivity (Wildman–Crippen MR) is 95.1 cm³/mol. The average molecular weight is 383 g/mol. The molecule has 0 aliphatic carbocycles. The highest BCUT2D eigenvalue weighted by molar-refractivity contribution is 6.31. The lowest BCUT2D eigenvalue weighted by molar-refractivity contribution is -0.140. The zero-order valence-electron chi connectivity index (χ0n) is 14.6. The number of urea groups is 1. The first-order chi connectivity index (χ1) is 12.4. The molecule has 6 nitrogen and oxygen atoms in total. The summed E-state index contributed by atoms with van der Waals surface area (Å²) in [5.41, 5.74) is 0.466. The van der Waals surface area contributed by atoms with Crippen LogP contribution in [0, 0.1) is 5.82 Å². The number of ether oxygens (including phenoxy) is 2. The van der Waals surface area contributed by atoms with Crippen molar-refractivity contribution in [2.75, 3.05) is 26.9 Å². The summed E-state index contributed by atoms with van der Waals surface area (Å²) in [5.74, 6) is -1.31. The molecule has 26 heavy (non-hydrogen) atoms. The number of hydrogen-bond acceptors (Lipinski definition) is 4. The quantitative estimate of drug-likeness (QED) is 0.447. The largest absolute Gasteiger partial charge is 0.460 e. The molecular formula is C18H20ClFN2O4. The van der Waals surface area contributed by atoms with Crippen LogP contribution in [0.5, 0.6) is 0 Å². The topological polar surface area (TPSA) is 67.9 Å². The molecule has 2 amide bonds. The molecule has 1 atom stereocenters. The maximum atomic E-state index is 14.4. The zero-order valence-corrected chi connectivity index (χ0v) is 15.3. The summed E-state index contributed by atoms with van der Waals surface area (Å²) in [6, 6.07) is 2.61. The van der Waals surface area contributed by atoms with Crippen molar-refractivity contribution in [3.05, 3.63) is 58.5 Å². The second-order valence-electron chi connectivity index (χ2n) is 5.54. The van der Waals surface area contributed by atoms with Gasteiger partial charge in [0.15, 0.2) is 0 Å². The van der Waals surface area contributed by atoms with Crippen molar-refractivity contribution in [1.29, 1.82) is 0 Å². The maximum Gasteiger partial charge on any atom is 0.338 e. The number of carbonyl (C=O) groups excluding carboxylic acids is 2. The molecule has 1 aliphatic heterocycles. The van der Waals surface area contributed by atoms with E-state index in [9.17, 15) is 14.0 Å². The molecule has 1 N–H and O–H groups in total. The first kappa shape index (κ1) is 19.9. The molecule has 0 saturated carbocycles. The maximum absolute atomic E-state index is 14.4. The Labute approximate surface area is 156 Å². The van der Waals surface area contributed by atoms with Gasteiger partial charge in [0, 0.05) is 29.9 Å². The minimum Gasteiger partial charge on any atom is -0.460 e. The third-order valence-corrected chi connectivity index (χ3v) is 4.27. The van der Waals surface area contributed by atoms with Gasteiger partial charge in [-0.3, -0.25) is 4.90 Å². The SMILES string of the molecule is C=CCN1C(=O)NC(c2c(F)cccc2Cl)C(C(=O)OCCOC)=C1C. The van der Waals surface area contributed by atoms with Gasteiger partial charge in [-0.15, -0.1) is 6.58 Å². The number of esters is 1. The van der Waals surface area contributed by atoms with E-state index >= 15 is 0 Å². The van der Waals surface area contributed by atoms with Gasteiger partial charge in [-0.25, -0.2) is 14.0 Å². The molecule has 0 aromatic heterocycles. The van der Waals surface area contributed by atoms with Crippen LogP contribution >= 0.6 is 11.6 Å². The highest BCUT2D eigenvalue weighted by Crippen LogP contribution is 2.36. The van der Waals surface area contributed by atoms with E-state index < -0.39 is 23.9 Å². The molecule has 140 valence electrons. The Kier molecular flexibility index (Phi) is 6.76. The molecule has 1 heterocycles. The molecular weight excluding hydrogens is 363 g/mol. The lowest BCUT2D eigenvalue weighted by Crippen LogP contribution is -2.48. The minimum atomic E-state index is -1.06. The average Bonchev–Trinajstić information content (AvgIpc) is 2.58. The van der Waals surface area contributed by atoms with Crippen molar-refractivity contribution in [3.8, 4) is 0 Å². The minimum absolute atomic E-state index is 0.0128. The fourth-order valence-electron chi connectivity index (χ4n) is 2.69. The van der Waals surface area contributed by atoms with Crippen LogP contribution in [0.25, 0.3) is 0 Å². The van der Waals surface area contributed by atoms with Gasteiger partial charge in [0.1, 0.15) is 12.4 Å². The second-order valence-corrected chi connectivity index (χ2v) is 5.95. The van der Waals surface area contributed by atoms with Gasteiger partial charge in [0.2, 0.25) is 0 Å². The number of nitrogens with one attached hydrogen (secondary N) is 1. The molecule has 1 aliphatic rings. The molecule has 0 spiro atoms. The van der Waals surface area contributed by atoms with Crippen LogP contribution in [0.2, 0.25) is 5.02 Å². The van der Waals surface area contributed by atoms with Crippen molar-refractivity contribution < 1.29 is 23.5 Å². The summed E-state index contributed by atoms with van der Waals surface area (Å²) >= 11 is 6.14.